The summed E-state index contributed by atoms with van der Waals surface area (Å²) in [6.45, 7) is 4.14. The number of methoxy groups -OCH3 is 1. The fourth-order valence-electron chi connectivity index (χ4n) is 1.94. The third-order valence-electron chi connectivity index (χ3n) is 3.00. The molecule has 2 aromatic heterocycles. The molecule has 0 unspecified atom stereocenters. The number of hydrogen-bond acceptors (Lipinski definition) is 5. The van der Waals surface area contributed by atoms with Crippen LogP contribution in [0.1, 0.15) is 21.5 Å². The van der Waals surface area contributed by atoms with Gasteiger partial charge in [0.2, 0.25) is 0 Å². The van der Waals surface area contributed by atoms with E-state index < -0.39 is 5.91 Å². The number of ether oxygens (including phenoxy) is 1. The number of nitrogens with one attached hydrogen (secondary N) is 1. The van der Waals surface area contributed by atoms with Crippen LogP contribution in [0.5, 0.6) is 0 Å². The monoisotopic (exact) mass is 289 g/mol. The number of amides is 1. The summed E-state index contributed by atoms with van der Waals surface area (Å²) in [5.41, 5.74) is 7.63. The molecule has 0 saturated heterocycles. The lowest BCUT2D eigenvalue weighted by Crippen LogP contribution is -2.18. The summed E-state index contributed by atoms with van der Waals surface area (Å²) < 4.78 is 6.53. The summed E-state index contributed by atoms with van der Waals surface area (Å²) in [6, 6.07) is 2.04. The Balaban J connectivity index is 2.09. The number of aromatic nitrogens is 3. The highest BCUT2D eigenvalue weighted by molar-refractivity contribution is 5.92. The van der Waals surface area contributed by atoms with E-state index in [4.69, 9.17) is 10.5 Å². The summed E-state index contributed by atoms with van der Waals surface area (Å²) in [5.74, 6) is 0.181. The molecule has 0 bridgehead atoms. The Morgan fingerprint density at radius 1 is 1.48 bits per heavy atom. The lowest BCUT2D eigenvalue weighted by Gasteiger charge is -2.08. The first-order valence-electron chi connectivity index (χ1n) is 6.62. The van der Waals surface area contributed by atoms with E-state index in [0.717, 1.165) is 24.2 Å². The Kier molecular flexibility index (Phi) is 5.02. The number of rotatable bonds is 7. The van der Waals surface area contributed by atoms with Crippen molar-refractivity contribution < 1.29 is 9.53 Å². The first kappa shape index (κ1) is 15.1. The Morgan fingerprint density at radius 2 is 2.29 bits per heavy atom. The molecule has 0 fully saturated rings. The smallest absolute Gasteiger partial charge is 0.251 e. The van der Waals surface area contributed by atoms with E-state index in [2.05, 4.69) is 15.4 Å². The fourth-order valence-corrected chi connectivity index (χ4v) is 1.94. The Labute approximate surface area is 123 Å². The molecule has 1 amide bonds. The van der Waals surface area contributed by atoms with E-state index >= 15 is 0 Å². The number of nitrogens with two attached hydrogens (primary N) is 1. The van der Waals surface area contributed by atoms with Gasteiger partial charge in [-0.3, -0.25) is 4.79 Å². The van der Waals surface area contributed by atoms with Gasteiger partial charge in [0.15, 0.2) is 5.82 Å². The van der Waals surface area contributed by atoms with Crippen LogP contribution in [-0.2, 0) is 11.3 Å². The van der Waals surface area contributed by atoms with Crippen molar-refractivity contribution in [2.45, 2.75) is 13.5 Å². The maximum Gasteiger partial charge on any atom is 0.251 e. The van der Waals surface area contributed by atoms with Crippen molar-refractivity contribution in [1.29, 1.82) is 0 Å². The molecule has 3 N–H and O–H groups in total. The van der Waals surface area contributed by atoms with E-state index in [0.29, 0.717) is 18.0 Å². The average Bonchev–Trinajstić information content (AvgIpc) is 2.93. The van der Waals surface area contributed by atoms with Gasteiger partial charge in [-0.15, -0.1) is 0 Å². The second-order valence-electron chi connectivity index (χ2n) is 4.69. The molecular formula is C14H19N5O2. The quantitative estimate of drug-likeness (QED) is 0.720. The lowest BCUT2D eigenvalue weighted by atomic mass is 10.2. The van der Waals surface area contributed by atoms with Gasteiger partial charge in [-0.05, 0) is 24.1 Å². The zero-order valence-electron chi connectivity index (χ0n) is 12.2. The molecule has 7 nitrogen and oxygen atoms in total. The highest BCUT2D eigenvalue weighted by atomic mass is 16.5. The Bertz CT molecular complexity index is 624. The number of pyridine rings is 1. The maximum absolute atomic E-state index is 11.1. The molecule has 0 aliphatic rings. The third kappa shape index (κ3) is 3.87. The summed E-state index contributed by atoms with van der Waals surface area (Å²) in [4.78, 5) is 15.5. The predicted molar refractivity (Wildman–Crippen MR) is 78.2 cm³/mol. The van der Waals surface area contributed by atoms with Crippen molar-refractivity contribution in [2.75, 3.05) is 20.3 Å². The first-order chi connectivity index (χ1) is 10.1. The van der Waals surface area contributed by atoms with Gasteiger partial charge in [0.25, 0.3) is 5.91 Å². The number of primary amides is 1. The molecule has 0 radical (unpaired) electrons. The number of aryl methyl sites for hydroxylation is 1. The predicted octanol–water partition coefficient (Wildman–Crippen LogP) is 0.411. The summed E-state index contributed by atoms with van der Waals surface area (Å²) >= 11 is 0. The minimum Gasteiger partial charge on any atom is -0.383 e. The normalized spacial score (nSPS) is 10.8. The van der Waals surface area contributed by atoms with Crippen LogP contribution in [0, 0.1) is 6.92 Å². The van der Waals surface area contributed by atoms with Gasteiger partial charge in [0.05, 0.1) is 18.4 Å². The SMILES string of the molecule is COCCNCc1cnc(-n2cc(C(N)=O)cn2)c(C)c1. The van der Waals surface area contributed by atoms with Crippen LogP contribution in [-0.4, -0.2) is 40.9 Å². The van der Waals surface area contributed by atoms with E-state index in [1.54, 1.807) is 24.2 Å². The highest BCUT2D eigenvalue weighted by Crippen LogP contribution is 2.12. The first-order valence-corrected chi connectivity index (χ1v) is 6.62. The summed E-state index contributed by atoms with van der Waals surface area (Å²) in [6.07, 6.45) is 4.80. The van der Waals surface area contributed by atoms with Gasteiger partial charge < -0.3 is 15.8 Å². The number of carbonyl (C=O) groups is 1. The van der Waals surface area contributed by atoms with Crippen molar-refractivity contribution in [3.05, 3.63) is 41.3 Å². The molecule has 2 heterocycles. The topological polar surface area (TPSA) is 95.1 Å². The molecule has 0 saturated carbocycles. The molecular weight excluding hydrogens is 270 g/mol. The standard InChI is InChI=1S/C14H19N5O2/c1-10-5-11(6-16-3-4-21-2)7-17-14(10)19-9-12(8-18-19)13(15)20/h5,7-9,16H,3-4,6H2,1-2H3,(H2,15,20). The molecule has 2 rings (SSSR count). The molecule has 0 aliphatic heterocycles. The highest BCUT2D eigenvalue weighted by Gasteiger charge is 2.09. The van der Waals surface area contributed by atoms with Crippen LogP contribution in [0.15, 0.2) is 24.7 Å². The van der Waals surface area contributed by atoms with Gasteiger partial charge in [-0.25, -0.2) is 9.67 Å². The van der Waals surface area contributed by atoms with Crippen molar-refractivity contribution >= 4 is 5.91 Å². The van der Waals surface area contributed by atoms with Gasteiger partial charge in [0.1, 0.15) is 0 Å². The molecule has 0 spiro atoms. The molecule has 2 aromatic rings. The molecule has 0 atom stereocenters. The number of carbonyl (C=O) groups excluding carboxylic acids is 1. The van der Waals surface area contributed by atoms with Crippen LogP contribution in [0.4, 0.5) is 0 Å². The zero-order valence-corrected chi connectivity index (χ0v) is 12.2. The van der Waals surface area contributed by atoms with E-state index in [9.17, 15) is 4.79 Å². The van der Waals surface area contributed by atoms with Crippen LogP contribution >= 0.6 is 0 Å². The third-order valence-corrected chi connectivity index (χ3v) is 3.00. The van der Waals surface area contributed by atoms with Gasteiger partial charge >= 0.3 is 0 Å². The van der Waals surface area contributed by atoms with Gasteiger partial charge in [-0.1, -0.05) is 0 Å². The van der Waals surface area contributed by atoms with Crippen LogP contribution in [0.25, 0.3) is 5.82 Å². The van der Waals surface area contributed by atoms with Crippen molar-refractivity contribution in [1.82, 2.24) is 20.1 Å². The van der Waals surface area contributed by atoms with Crippen molar-refractivity contribution in [3.8, 4) is 5.82 Å². The minimum absolute atomic E-state index is 0.363. The Hall–Kier alpha value is -2.25. The molecule has 0 aromatic carbocycles. The van der Waals surface area contributed by atoms with Crippen LogP contribution in [0.3, 0.4) is 0 Å². The van der Waals surface area contributed by atoms with Crippen LogP contribution in [0.2, 0.25) is 0 Å². The van der Waals surface area contributed by atoms with Crippen LogP contribution < -0.4 is 11.1 Å². The van der Waals surface area contributed by atoms with E-state index in [-0.39, 0.29) is 0 Å². The summed E-state index contributed by atoms with van der Waals surface area (Å²) in [5, 5.41) is 7.37. The second-order valence-corrected chi connectivity index (χ2v) is 4.69. The minimum atomic E-state index is -0.502. The molecule has 7 heteroatoms. The van der Waals surface area contributed by atoms with E-state index in [1.165, 1.54) is 6.20 Å². The second kappa shape index (κ2) is 6.96. The average molecular weight is 289 g/mol. The number of nitrogens with zero attached hydrogens (tertiary/aromatic N) is 3. The largest absolute Gasteiger partial charge is 0.383 e. The van der Waals surface area contributed by atoms with E-state index in [1.807, 2.05) is 13.0 Å². The van der Waals surface area contributed by atoms with Gasteiger partial charge in [-0.2, -0.15) is 5.10 Å². The fraction of sp³-hybridized carbons (Fsp3) is 0.357. The molecule has 0 aliphatic carbocycles. The maximum atomic E-state index is 11.1. The van der Waals surface area contributed by atoms with Gasteiger partial charge in [0, 0.05) is 32.6 Å². The number of hydrogen-bond donors (Lipinski definition) is 2. The molecule has 112 valence electrons. The molecule has 21 heavy (non-hydrogen) atoms. The lowest BCUT2D eigenvalue weighted by molar-refractivity contribution is 0.100. The summed E-state index contributed by atoms with van der Waals surface area (Å²) in [7, 11) is 1.67. The van der Waals surface area contributed by atoms with Crippen molar-refractivity contribution in [3.63, 3.8) is 0 Å². The van der Waals surface area contributed by atoms with Crippen molar-refractivity contribution in [2.24, 2.45) is 5.73 Å². The Morgan fingerprint density at radius 3 is 2.90 bits per heavy atom. The zero-order chi connectivity index (χ0) is 15.2.